The fraction of sp³-hybridized carbons (Fsp3) is 0.286. The van der Waals surface area contributed by atoms with Crippen molar-refractivity contribution in [2.45, 2.75) is 40.2 Å². The lowest BCUT2D eigenvalue weighted by Gasteiger charge is -2.04. The first kappa shape index (κ1) is 16.3. The molecule has 3 rings (SSSR count). The van der Waals surface area contributed by atoms with Crippen molar-refractivity contribution >= 4 is 0 Å². The molecule has 0 aliphatic carbocycles. The number of nitrogens with one attached hydrogen (secondary N) is 1. The number of H-pyrrole nitrogens is 1. The minimum absolute atomic E-state index is 0.0582. The van der Waals surface area contributed by atoms with E-state index in [4.69, 9.17) is 0 Å². The van der Waals surface area contributed by atoms with Crippen LogP contribution in [-0.2, 0) is 6.54 Å². The van der Waals surface area contributed by atoms with Gasteiger partial charge in [0.1, 0.15) is 0 Å². The molecule has 0 spiro atoms. The summed E-state index contributed by atoms with van der Waals surface area (Å²) in [6.45, 7) is 6.98. The van der Waals surface area contributed by atoms with Gasteiger partial charge in [-0.3, -0.25) is 14.6 Å². The second kappa shape index (κ2) is 6.91. The first-order valence-corrected chi connectivity index (χ1v) is 8.57. The van der Waals surface area contributed by atoms with Gasteiger partial charge >= 0.3 is 0 Å². The lowest BCUT2D eigenvalue weighted by molar-refractivity contribution is 0.559. The molecular formula is C21H24N2O. The summed E-state index contributed by atoms with van der Waals surface area (Å²) in [7, 11) is 0. The summed E-state index contributed by atoms with van der Waals surface area (Å²) in [5.74, 6) is 0. The van der Waals surface area contributed by atoms with Crippen LogP contribution in [0.5, 0.6) is 0 Å². The summed E-state index contributed by atoms with van der Waals surface area (Å²) >= 11 is 0. The van der Waals surface area contributed by atoms with Gasteiger partial charge in [0.05, 0.1) is 11.3 Å². The second-order valence-electron chi connectivity index (χ2n) is 6.40. The SMILES string of the molecule is CCCCn1[nH]c(-c2ccc(C)cc2)c(-c2ccc(C)cc2)c1=O. The number of aryl methyl sites for hydroxylation is 3. The molecule has 1 heterocycles. The van der Waals surface area contributed by atoms with Crippen molar-refractivity contribution in [1.29, 1.82) is 0 Å². The Hall–Kier alpha value is -2.55. The Morgan fingerprint density at radius 2 is 1.42 bits per heavy atom. The number of nitrogens with zero attached hydrogens (tertiary/aromatic N) is 1. The molecule has 2 aromatic carbocycles. The minimum atomic E-state index is 0.0582. The number of aromatic amines is 1. The molecule has 3 nitrogen and oxygen atoms in total. The van der Waals surface area contributed by atoms with Crippen LogP contribution in [0.15, 0.2) is 53.3 Å². The average Bonchev–Trinajstić information content (AvgIpc) is 2.91. The Labute approximate surface area is 143 Å². The van der Waals surface area contributed by atoms with Crippen LogP contribution in [0, 0.1) is 13.8 Å². The fourth-order valence-electron chi connectivity index (χ4n) is 2.87. The molecule has 0 atom stereocenters. The van der Waals surface area contributed by atoms with Gasteiger partial charge in [0.2, 0.25) is 0 Å². The Balaban J connectivity index is 2.17. The number of hydrogen-bond donors (Lipinski definition) is 1. The molecule has 0 radical (unpaired) electrons. The highest BCUT2D eigenvalue weighted by molar-refractivity contribution is 5.80. The number of hydrogen-bond acceptors (Lipinski definition) is 1. The van der Waals surface area contributed by atoms with E-state index in [2.05, 4.69) is 62.3 Å². The lowest BCUT2D eigenvalue weighted by Crippen LogP contribution is -2.17. The standard InChI is InChI=1S/C21H24N2O/c1-4-5-14-23-21(24)19(17-10-6-15(2)7-11-17)20(22-23)18-12-8-16(3)9-13-18/h6-13,22H,4-5,14H2,1-3H3. The van der Waals surface area contributed by atoms with Crippen LogP contribution < -0.4 is 5.56 Å². The van der Waals surface area contributed by atoms with Crippen molar-refractivity contribution in [3.05, 3.63) is 70.0 Å². The molecule has 0 saturated heterocycles. The van der Waals surface area contributed by atoms with Gasteiger partial charge in [-0.15, -0.1) is 0 Å². The lowest BCUT2D eigenvalue weighted by atomic mass is 10.00. The van der Waals surface area contributed by atoms with E-state index in [9.17, 15) is 4.79 Å². The molecule has 1 N–H and O–H groups in total. The van der Waals surface area contributed by atoms with E-state index in [0.717, 1.165) is 41.8 Å². The molecule has 24 heavy (non-hydrogen) atoms. The molecule has 0 saturated carbocycles. The van der Waals surface area contributed by atoms with Crippen LogP contribution in [0.3, 0.4) is 0 Å². The number of unbranched alkanes of at least 4 members (excludes halogenated alkanes) is 1. The Morgan fingerprint density at radius 1 is 0.875 bits per heavy atom. The molecule has 0 fully saturated rings. The molecule has 3 aromatic rings. The van der Waals surface area contributed by atoms with Gasteiger partial charge in [-0.25, -0.2) is 0 Å². The van der Waals surface area contributed by atoms with Crippen molar-refractivity contribution in [2.24, 2.45) is 0 Å². The van der Waals surface area contributed by atoms with Gasteiger partial charge in [-0.05, 0) is 25.8 Å². The molecule has 0 amide bonds. The molecule has 0 aliphatic heterocycles. The predicted molar refractivity (Wildman–Crippen MR) is 100 cm³/mol. The highest BCUT2D eigenvalue weighted by Crippen LogP contribution is 2.28. The summed E-state index contributed by atoms with van der Waals surface area (Å²) in [6.07, 6.45) is 2.05. The third-order valence-electron chi connectivity index (χ3n) is 4.37. The van der Waals surface area contributed by atoms with Crippen LogP contribution >= 0.6 is 0 Å². The zero-order valence-corrected chi connectivity index (χ0v) is 14.6. The van der Waals surface area contributed by atoms with Crippen molar-refractivity contribution < 1.29 is 0 Å². The topological polar surface area (TPSA) is 37.8 Å². The molecule has 124 valence electrons. The van der Waals surface area contributed by atoms with Crippen molar-refractivity contribution in [3.8, 4) is 22.4 Å². The summed E-state index contributed by atoms with van der Waals surface area (Å²) < 4.78 is 1.74. The molecule has 0 aliphatic rings. The highest BCUT2D eigenvalue weighted by atomic mass is 16.1. The summed E-state index contributed by atoms with van der Waals surface area (Å²) in [5.41, 5.74) is 6.13. The van der Waals surface area contributed by atoms with Crippen LogP contribution in [-0.4, -0.2) is 9.78 Å². The van der Waals surface area contributed by atoms with Crippen molar-refractivity contribution in [3.63, 3.8) is 0 Å². The predicted octanol–water partition coefficient (Wildman–Crippen LogP) is 4.93. The Bertz CT molecular complexity index is 868. The minimum Gasteiger partial charge on any atom is -0.294 e. The van der Waals surface area contributed by atoms with E-state index in [1.54, 1.807) is 4.68 Å². The van der Waals surface area contributed by atoms with E-state index in [0.29, 0.717) is 0 Å². The van der Waals surface area contributed by atoms with Gasteiger partial charge in [-0.2, -0.15) is 0 Å². The summed E-state index contributed by atoms with van der Waals surface area (Å²) in [6, 6.07) is 16.5. The van der Waals surface area contributed by atoms with E-state index in [-0.39, 0.29) is 5.56 Å². The summed E-state index contributed by atoms with van der Waals surface area (Å²) in [4.78, 5) is 13.0. The van der Waals surface area contributed by atoms with Crippen LogP contribution in [0.4, 0.5) is 0 Å². The van der Waals surface area contributed by atoms with Crippen LogP contribution in [0.25, 0.3) is 22.4 Å². The van der Waals surface area contributed by atoms with E-state index < -0.39 is 0 Å². The maximum Gasteiger partial charge on any atom is 0.274 e. The Morgan fingerprint density at radius 3 is 1.96 bits per heavy atom. The van der Waals surface area contributed by atoms with Crippen molar-refractivity contribution in [1.82, 2.24) is 9.78 Å². The second-order valence-corrected chi connectivity index (χ2v) is 6.40. The quantitative estimate of drug-likeness (QED) is 0.711. The van der Waals surface area contributed by atoms with E-state index in [1.165, 1.54) is 11.1 Å². The molecule has 3 heteroatoms. The maximum absolute atomic E-state index is 13.0. The normalized spacial score (nSPS) is 11.0. The average molecular weight is 320 g/mol. The largest absolute Gasteiger partial charge is 0.294 e. The van der Waals surface area contributed by atoms with Gasteiger partial charge in [0.15, 0.2) is 0 Å². The zero-order valence-electron chi connectivity index (χ0n) is 14.6. The molecule has 0 bridgehead atoms. The smallest absolute Gasteiger partial charge is 0.274 e. The van der Waals surface area contributed by atoms with Gasteiger partial charge in [-0.1, -0.05) is 73.0 Å². The first-order chi connectivity index (χ1) is 11.6. The van der Waals surface area contributed by atoms with E-state index in [1.807, 2.05) is 12.1 Å². The zero-order chi connectivity index (χ0) is 17.1. The highest BCUT2D eigenvalue weighted by Gasteiger charge is 2.17. The molecular weight excluding hydrogens is 296 g/mol. The van der Waals surface area contributed by atoms with Gasteiger partial charge in [0, 0.05) is 12.1 Å². The molecule has 1 aromatic heterocycles. The van der Waals surface area contributed by atoms with Crippen molar-refractivity contribution in [2.75, 3.05) is 0 Å². The fourth-order valence-corrected chi connectivity index (χ4v) is 2.87. The van der Waals surface area contributed by atoms with E-state index >= 15 is 0 Å². The number of aromatic nitrogens is 2. The third kappa shape index (κ3) is 3.21. The Kier molecular flexibility index (Phi) is 4.70. The number of rotatable bonds is 5. The van der Waals surface area contributed by atoms with Gasteiger partial charge < -0.3 is 0 Å². The maximum atomic E-state index is 13.0. The molecule has 0 unspecified atom stereocenters. The monoisotopic (exact) mass is 320 g/mol. The summed E-state index contributed by atoms with van der Waals surface area (Å²) in [5, 5.41) is 3.34. The van der Waals surface area contributed by atoms with Crippen LogP contribution in [0.1, 0.15) is 30.9 Å². The number of benzene rings is 2. The third-order valence-corrected chi connectivity index (χ3v) is 4.37. The van der Waals surface area contributed by atoms with Gasteiger partial charge in [0.25, 0.3) is 5.56 Å². The first-order valence-electron chi connectivity index (χ1n) is 8.57. The van der Waals surface area contributed by atoms with Crippen LogP contribution in [0.2, 0.25) is 0 Å².